The molecule has 1 fully saturated rings. The number of methoxy groups -OCH3 is 1. The largest absolute Gasteiger partial charge is 0.495 e. The van der Waals surface area contributed by atoms with E-state index in [-0.39, 0.29) is 10.3 Å². The number of hydrogen-bond acceptors (Lipinski definition) is 4. The first-order valence-corrected chi connectivity index (χ1v) is 8.25. The van der Waals surface area contributed by atoms with Crippen molar-refractivity contribution in [2.75, 3.05) is 13.7 Å². The predicted octanol–water partition coefficient (Wildman–Crippen LogP) is 1.62. The first-order chi connectivity index (χ1) is 9.40. The van der Waals surface area contributed by atoms with Crippen molar-refractivity contribution >= 4 is 10.0 Å². The lowest BCUT2D eigenvalue weighted by Crippen LogP contribution is -2.40. The van der Waals surface area contributed by atoms with Gasteiger partial charge in [-0.2, -0.15) is 0 Å². The molecule has 20 heavy (non-hydrogen) atoms. The minimum Gasteiger partial charge on any atom is -0.495 e. The van der Waals surface area contributed by atoms with Crippen LogP contribution in [0.25, 0.3) is 0 Å². The van der Waals surface area contributed by atoms with Gasteiger partial charge in [-0.1, -0.05) is 19.4 Å². The zero-order valence-corrected chi connectivity index (χ0v) is 12.8. The molecule has 0 radical (unpaired) electrons. The van der Waals surface area contributed by atoms with Crippen LogP contribution in [0.15, 0.2) is 23.1 Å². The van der Waals surface area contributed by atoms with Gasteiger partial charge in [0.2, 0.25) is 10.0 Å². The van der Waals surface area contributed by atoms with Gasteiger partial charge in [0.05, 0.1) is 7.11 Å². The fourth-order valence-corrected chi connectivity index (χ4v) is 3.78. The van der Waals surface area contributed by atoms with E-state index in [2.05, 4.69) is 11.6 Å². The van der Waals surface area contributed by atoms with E-state index in [0.29, 0.717) is 18.8 Å². The number of nitrogens with two attached hydrogens (primary N) is 1. The SMILES string of the molecule is COc1ccc(CN)cc1S(=O)(=O)NCC1(C)CCC1. The van der Waals surface area contributed by atoms with Crippen LogP contribution in [-0.4, -0.2) is 22.1 Å². The van der Waals surface area contributed by atoms with Gasteiger partial charge in [-0.15, -0.1) is 0 Å². The Bertz CT molecular complexity index is 580. The molecule has 0 atom stereocenters. The molecule has 5 nitrogen and oxygen atoms in total. The summed E-state index contributed by atoms with van der Waals surface area (Å²) in [7, 11) is -2.11. The van der Waals surface area contributed by atoms with Gasteiger partial charge in [0.1, 0.15) is 10.6 Å². The number of nitrogens with one attached hydrogen (secondary N) is 1. The Balaban J connectivity index is 2.23. The Kier molecular flexibility index (Phi) is 4.36. The highest BCUT2D eigenvalue weighted by Gasteiger charge is 2.33. The van der Waals surface area contributed by atoms with Crippen molar-refractivity contribution < 1.29 is 13.2 Å². The summed E-state index contributed by atoms with van der Waals surface area (Å²) in [4.78, 5) is 0.158. The maximum absolute atomic E-state index is 12.4. The molecule has 1 saturated carbocycles. The molecule has 0 unspecified atom stereocenters. The monoisotopic (exact) mass is 298 g/mol. The zero-order chi connectivity index (χ0) is 14.8. The van der Waals surface area contributed by atoms with Crippen LogP contribution in [0.2, 0.25) is 0 Å². The van der Waals surface area contributed by atoms with Crippen molar-refractivity contribution in [3.63, 3.8) is 0 Å². The summed E-state index contributed by atoms with van der Waals surface area (Å²) in [5.74, 6) is 0.341. The molecule has 0 amide bonds. The molecule has 0 saturated heterocycles. The second kappa shape index (κ2) is 5.71. The van der Waals surface area contributed by atoms with Gasteiger partial charge in [-0.25, -0.2) is 13.1 Å². The fraction of sp³-hybridized carbons (Fsp3) is 0.571. The predicted molar refractivity (Wildman–Crippen MR) is 78.0 cm³/mol. The van der Waals surface area contributed by atoms with Crippen LogP contribution in [0.1, 0.15) is 31.7 Å². The molecule has 112 valence electrons. The van der Waals surface area contributed by atoms with E-state index in [1.165, 1.54) is 13.5 Å². The molecule has 1 aliphatic rings. The van der Waals surface area contributed by atoms with Crippen LogP contribution >= 0.6 is 0 Å². The van der Waals surface area contributed by atoms with Gasteiger partial charge in [-0.05, 0) is 36.0 Å². The topological polar surface area (TPSA) is 81.4 Å². The zero-order valence-electron chi connectivity index (χ0n) is 12.0. The van der Waals surface area contributed by atoms with E-state index in [0.717, 1.165) is 18.4 Å². The molecule has 1 aromatic rings. The van der Waals surface area contributed by atoms with E-state index < -0.39 is 10.0 Å². The second-order valence-corrected chi connectivity index (χ2v) is 7.41. The number of hydrogen-bond donors (Lipinski definition) is 2. The smallest absolute Gasteiger partial charge is 0.244 e. The van der Waals surface area contributed by atoms with E-state index in [4.69, 9.17) is 10.5 Å². The first-order valence-electron chi connectivity index (χ1n) is 6.77. The number of sulfonamides is 1. The van der Waals surface area contributed by atoms with Crippen LogP contribution in [-0.2, 0) is 16.6 Å². The van der Waals surface area contributed by atoms with Crippen molar-refractivity contribution in [2.24, 2.45) is 11.1 Å². The fourth-order valence-electron chi connectivity index (χ4n) is 2.36. The molecule has 0 spiro atoms. The van der Waals surface area contributed by atoms with Gasteiger partial charge in [-0.3, -0.25) is 0 Å². The highest BCUT2D eigenvalue weighted by Crippen LogP contribution is 2.39. The summed E-state index contributed by atoms with van der Waals surface area (Å²) < 4.78 is 32.7. The lowest BCUT2D eigenvalue weighted by atomic mass is 9.71. The maximum Gasteiger partial charge on any atom is 0.244 e. The average molecular weight is 298 g/mol. The van der Waals surface area contributed by atoms with Crippen molar-refractivity contribution in [1.82, 2.24) is 4.72 Å². The quantitative estimate of drug-likeness (QED) is 0.836. The van der Waals surface area contributed by atoms with Crippen molar-refractivity contribution in [3.8, 4) is 5.75 Å². The molecule has 2 rings (SSSR count). The van der Waals surface area contributed by atoms with Gasteiger partial charge in [0.15, 0.2) is 0 Å². The summed E-state index contributed by atoms with van der Waals surface area (Å²) in [5, 5.41) is 0. The average Bonchev–Trinajstić information content (AvgIpc) is 2.42. The van der Waals surface area contributed by atoms with Crippen LogP contribution in [0.5, 0.6) is 5.75 Å². The third-order valence-electron chi connectivity index (χ3n) is 4.00. The van der Waals surface area contributed by atoms with Gasteiger partial charge in [0, 0.05) is 13.1 Å². The maximum atomic E-state index is 12.4. The Morgan fingerprint density at radius 2 is 2.10 bits per heavy atom. The van der Waals surface area contributed by atoms with Crippen LogP contribution < -0.4 is 15.2 Å². The lowest BCUT2D eigenvalue weighted by molar-refractivity contribution is 0.166. The van der Waals surface area contributed by atoms with Crippen molar-refractivity contribution in [2.45, 2.75) is 37.6 Å². The van der Waals surface area contributed by atoms with Crippen LogP contribution in [0, 0.1) is 5.41 Å². The Morgan fingerprint density at radius 1 is 1.40 bits per heavy atom. The van der Waals surface area contributed by atoms with Crippen molar-refractivity contribution in [1.29, 1.82) is 0 Å². The van der Waals surface area contributed by atoms with Crippen LogP contribution in [0.3, 0.4) is 0 Å². The van der Waals surface area contributed by atoms with Gasteiger partial charge < -0.3 is 10.5 Å². The normalized spacial score (nSPS) is 17.6. The third-order valence-corrected chi connectivity index (χ3v) is 5.43. The molecule has 1 aliphatic carbocycles. The molecule has 6 heteroatoms. The Morgan fingerprint density at radius 3 is 2.60 bits per heavy atom. The third kappa shape index (κ3) is 3.13. The second-order valence-electron chi connectivity index (χ2n) is 5.68. The van der Waals surface area contributed by atoms with E-state index >= 15 is 0 Å². The Hall–Kier alpha value is -1.11. The summed E-state index contributed by atoms with van der Waals surface area (Å²) in [5.41, 5.74) is 6.43. The van der Waals surface area contributed by atoms with Gasteiger partial charge >= 0.3 is 0 Å². The number of rotatable bonds is 6. The standard InChI is InChI=1S/C14H22N2O3S/c1-14(6-3-7-14)10-16-20(17,18)13-8-11(9-15)4-5-12(13)19-2/h4-5,8,16H,3,6-7,9-10,15H2,1-2H3. The summed E-state index contributed by atoms with van der Waals surface area (Å²) in [6.07, 6.45) is 3.30. The molecule has 0 aromatic heterocycles. The highest BCUT2D eigenvalue weighted by atomic mass is 32.2. The minimum atomic E-state index is -3.58. The Labute approximate surface area is 120 Å². The number of benzene rings is 1. The first kappa shape index (κ1) is 15.3. The van der Waals surface area contributed by atoms with Crippen molar-refractivity contribution in [3.05, 3.63) is 23.8 Å². The van der Waals surface area contributed by atoms with Gasteiger partial charge in [0.25, 0.3) is 0 Å². The minimum absolute atomic E-state index is 0.0891. The molecule has 0 bridgehead atoms. The lowest BCUT2D eigenvalue weighted by Gasteiger charge is -2.38. The number of ether oxygens (including phenoxy) is 1. The van der Waals surface area contributed by atoms with E-state index in [9.17, 15) is 8.42 Å². The molecular weight excluding hydrogens is 276 g/mol. The summed E-state index contributed by atoms with van der Waals surface area (Å²) in [6.45, 7) is 2.86. The van der Waals surface area contributed by atoms with Crippen LogP contribution in [0.4, 0.5) is 0 Å². The molecule has 1 aromatic carbocycles. The molecular formula is C14H22N2O3S. The molecule has 0 aliphatic heterocycles. The highest BCUT2D eigenvalue weighted by molar-refractivity contribution is 7.89. The van der Waals surface area contributed by atoms with E-state index in [1.54, 1.807) is 18.2 Å². The molecule has 3 N–H and O–H groups in total. The summed E-state index contributed by atoms with van der Waals surface area (Å²) >= 11 is 0. The molecule has 0 heterocycles. The van der Waals surface area contributed by atoms with E-state index in [1.807, 2.05) is 0 Å². The summed E-state index contributed by atoms with van der Waals surface area (Å²) in [6, 6.07) is 4.98.